The molecule has 0 radical (unpaired) electrons. The lowest BCUT2D eigenvalue weighted by molar-refractivity contribution is -0.385. The number of benzene rings is 2. The summed E-state index contributed by atoms with van der Waals surface area (Å²) in [5, 5.41) is 12.0. The second kappa shape index (κ2) is 8.88. The first-order valence-corrected chi connectivity index (χ1v) is 9.68. The van der Waals surface area contributed by atoms with Crippen LogP contribution in [-0.4, -0.2) is 51.8 Å². The predicted octanol–water partition coefficient (Wildman–Crippen LogP) is 3.11. The van der Waals surface area contributed by atoms with E-state index in [4.69, 9.17) is 16.3 Å². The van der Waals surface area contributed by atoms with E-state index in [2.05, 4.69) is 9.13 Å². The molecule has 0 saturated heterocycles. The molecule has 0 aliphatic heterocycles. The molecule has 29 heavy (non-hydrogen) atoms. The van der Waals surface area contributed by atoms with Crippen molar-refractivity contribution in [2.45, 2.75) is 4.90 Å². The van der Waals surface area contributed by atoms with Crippen LogP contribution < -0.4 is 4.74 Å². The van der Waals surface area contributed by atoms with Gasteiger partial charge in [-0.3, -0.25) is 10.1 Å². The molecule has 0 aliphatic rings. The van der Waals surface area contributed by atoms with Crippen molar-refractivity contribution in [2.75, 3.05) is 21.2 Å². The summed E-state index contributed by atoms with van der Waals surface area (Å²) >= 11 is 5.81. The maximum absolute atomic E-state index is 12.7. The fourth-order valence-electron chi connectivity index (χ4n) is 2.09. The van der Waals surface area contributed by atoms with Crippen LogP contribution in [0.25, 0.3) is 0 Å². The maximum atomic E-state index is 12.7. The van der Waals surface area contributed by atoms with E-state index in [1.165, 1.54) is 43.3 Å². The lowest BCUT2D eigenvalue weighted by Gasteiger charge is -2.12. The molecule has 12 heteroatoms. The number of nitro groups is 1. The topological polar surface area (TPSA) is 128 Å². The standard InChI is InChI=1S/C17H16ClN3O7S/c1-20(2)10-19-29(25,26)15-9-11(17(22)27-3)8-14(21(23)24)16(15)28-13-6-4-12(18)5-7-13/h4-10H,1-3H3. The number of hydrogen-bond acceptors (Lipinski definition) is 7. The molecule has 0 fully saturated rings. The summed E-state index contributed by atoms with van der Waals surface area (Å²) in [5.74, 6) is -1.46. The fraction of sp³-hybridized carbons (Fsp3) is 0.176. The van der Waals surface area contributed by atoms with Crippen LogP contribution in [0.1, 0.15) is 10.4 Å². The molecule has 0 saturated carbocycles. The summed E-state index contributed by atoms with van der Waals surface area (Å²) in [7, 11) is -0.332. The average molecular weight is 442 g/mol. The molecule has 10 nitrogen and oxygen atoms in total. The summed E-state index contributed by atoms with van der Waals surface area (Å²) in [5.41, 5.74) is -1.09. The van der Waals surface area contributed by atoms with Crippen molar-refractivity contribution in [3.63, 3.8) is 0 Å². The van der Waals surface area contributed by atoms with Gasteiger partial charge in [-0.05, 0) is 30.3 Å². The van der Waals surface area contributed by atoms with Crippen LogP contribution in [0.3, 0.4) is 0 Å². The van der Waals surface area contributed by atoms with Gasteiger partial charge in [0.1, 0.15) is 17.0 Å². The maximum Gasteiger partial charge on any atom is 0.338 e. The first-order chi connectivity index (χ1) is 13.5. The molecule has 0 N–H and O–H groups in total. The van der Waals surface area contributed by atoms with Crippen molar-refractivity contribution in [2.24, 2.45) is 4.40 Å². The molecule has 0 aliphatic carbocycles. The van der Waals surface area contributed by atoms with E-state index in [9.17, 15) is 23.3 Å². The largest absolute Gasteiger partial charge is 0.465 e. The molecule has 0 spiro atoms. The molecule has 2 aromatic carbocycles. The lowest BCUT2D eigenvalue weighted by Crippen LogP contribution is -2.12. The highest BCUT2D eigenvalue weighted by atomic mass is 35.5. The Morgan fingerprint density at radius 1 is 1.24 bits per heavy atom. The van der Waals surface area contributed by atoms with Gasteiger partial charge in [0.05, 0.1) is 17.6 Å². The number of rotatable bonds is 7. The molecule has 2 aromatic rings. The van der Waals surface area contributed by atoms with Gasteiger partial charge in [0.15, 0.2) is 0 Å². The van der Waals surface area contributed by atoms with Crippen molar-refractivity contribution < 1.29 is 27.6 Å². The van der Waals surface area contributed by atoms with Gasteiger partial charge in [-0.25, -0.2) is 4.79 Å². The Hall–Kier alpha value is -3.18. The summed E-state index contributed by atoms with van der Waals surface area (Å²) in [6, 6.07) is 7.51. The molecule has 2 rings (SSSR count). The zero-order valence-corrected chi connectivity index (χ0v) is 17.1. The summed E-state index contributed by atoms with van der Waals surface area (Å²) in [6.45, 7) is 0. The smallest absolute Gasteiger partial charge is 0.338 e. The Morgan fingerprint density at radius 3 is 2.38 bits per heavy atom. The Balaban J connectivity index is 2.78. The highest BCUT2D eigenvalue weighted by Crippen LogP contribution is 2.39. The van der Waals surface area contributed by atoms with E-state index in [1.807, 2.05) is 0 Å². The van der Waals surface area contributed by atoms with Gasteiger partial charge in [0.25, 0.3) is 10.0 Å². The van der Waals surface area contributed by atoms with Gasteiger partial charge in [-0.2, -0.15) is 8.42 Å². The number of halogens is 1. The van der Waals surface area contributed by atoms with E-state index in [0.717, 1.165) is 25.6 Å². The van der Waals surface area contributed by atoms with E-state index >= 15 is 0 Å². The molecular formula is C17H16ClN3O7S. The third-order valence-electron chi connectivity index (χ3n) is 3.38. The second-order valence-electron chi connectivity index (χ2n) is 5.79. The SMILES string of the molecule is COC(=O)c1cc([N+](=O)[O-])c(Oc2ccc(Cl)cc2)c(S(=O)(=O)N=CN(C)C)c1. The number of carbonyl (C=O) groups excluding carboxylic acids is 1. The van der Waals surface area contributed by atoms with Crippen LogP contribution in [-0.2, 0) is 14.8 Å². The summed E-state index contributed by atoms with van der Waals surface area (Å²) < 4.78 is 39.0. The Kier molecular flexibility index (Phi) is 6.77. The number of hydrogen-bond donors (Lipinski definition) is 0. The number of nitro benzene ring substituents is 1. The third-order valence-corrected chi connectivity index (χ3v) is 4.86. The van der Waals surface area contributed by atoms with Crippen LogP contribution in [0.5, 0.6) is 11.5 Å². The van der Waals surface area contributed by atoms with Crippen molar-refractivity contribution in [3.05, 3.63) is 57.1 Å². The molecule has 0 heterocycles. The number of carbonyl (C=O) groups is 1. The first-order valence-electron chi connectivity index (χ1n) is 7.86. The minimum Gasteiger partial charge on any atom is -0.465 e. The van der Waals surface area contributed by atoms with Crippen LogP contribution in [0, 0.1) is 10.1 Å². The normalized spacial score (nSPS) is 11.3. The van der Waals surface area contributed by atoms with Gasteiger partial charge in [-0.15, -0.1) is 4.40 Å². The lowest BCUT2D eigenvalue weighted by atomic mass is 10.2. The van der Waals surface area contributed by atoms with Crippen molar-refractivity contribution in [1.82, 2.24) is 4.90 Å². The van der Waals surface area contributed by atoms with Crippen LogP contribution >= 0.6 is 11.6 Å². The van der Waals surface area contributed by atoms with Gasteiger partial charge >= 0.3 is 11.7 Å². The van der Waals surface area contributed by atoms with E-state index < -0.39 is 37.2 Å². The number of esters is 1. The summed E-state index contributed by atoms with van der Waals surface area (Å²) in [6.07, 6.45) is 0.998. The zero-order chi connectivity index (χ0) is 21.8. The first kappa shape index (κ1) is 22.1. The monoisotopic (exact) mass is 441 g/mol. The second-order valence-corrected chi connectivity index (χ2v) is 7.82. The van der Waals surface area contributed by atoms with Crippen LogP contribution in [0.2, 0.25) is 5.02 Å². The van der Waals surface area contributed by atoms with Gasteiger partial charge in [0.2, 0.25) is 5.75 Å². The number of nitrogens with zero attached hydrogens (tertiary/aromatic N) is 3. The minimum atomic E-state index is -4.47. The molecular weight excluding hydrogens is 426 g/mol. The summed E-state index contributed by atoms with van der Waals surface area (Å²) in [4.78, 5) is 23.3. The van der Waals surface area contributed by atoms with Crippen molar-refractivity contribution in [3.8, 4) is 11.5 Å². The highest BCUT2D eigenvalue weighted by Gasteiger charge is 2.31. The number of methoxy groups -OCH3 is 1. The highest BCUT2D eigenvalue weighted by molar-refractivity contribution is 7.90. The van der Waals surface area contributed by atoms with E-state index in [1.54, 1.807) is 0 Å². The predicted molar refractivity (Wildman–Crippen MR) is 105 cm³/mol. The van der Waals surface area contributed by atoms with Crippen molar-refractivity contribution in [1.29, 1.82) is 0 Å². The van der Waals surface area contributed by atoms with Crippen molar-refractivity contribution >= 4 is 39.6 Å². The Morgan fingerprint density at radius 2 is 1.86 bits per heavy atom. The molecule has 0 unspecified atom stereocenters. The van der Waals surface area contributed by atoms with Gasteiger partial charge in [-0.1, -0.05) is 11.6 Å². The van der Waals surface area contributed by atoms with E-state index in [0.29, 0.717) is 5.02 Å². The van der Waals surface area contributed by atoms with Gasteiger partial charge in [0, 0.05) is 25.2 Å². The molecule has 0 amide bonds. The molecule has 154 valence electrons. The molecule has 0 aromatic heterocycles. The quantitative estimate of drug-likeness (QED) is 0.211. The Labute approximate surface area is 171 Å². The molecule has 0 atom stereocenters. The van der Waals surface area contributed by atoms with Gasteiger partial charge < -0.3 is 14.4 Å². The number of sulfonamides is 1. The molecule has 0 bridgehead atoms. The Bertz CT molecular complexity index is 1070. The van der Waals surface area contributed by atoms with E-state index in [-0.39, 0.29) is 11.3 Å². The third kappa shape index (κ3) is 5.42. The van der Waals surface area contributed by atoms with Crippen LogP contribution in [0.15, 0.2) is 45.7 Å². The number of ether oxygens (including phenoxy) is 2. The zero-order valence-electron chi connectivity index (χ0n) is 15.5. The average Bonchev–Trinajstić information content (AvgIpc) is 2.67. The van der Waals surface area contributed by atoms with Crippen LogP contribution in [0.4, 0.5) is 5.69 Å². The minimum absolute atomic E-state index is 0.0938. The fourth-order valence-corrected chi connectivity index (χ4v) is 3.30.